The van der Waals surface area contributed by atoms with Gasteiger partial charge in [0.05, 0.1) is 5.56 Å². The fourth-order valence-electron chi connectivity index (χ4n) is 2.57. The first-order valence-corrected chi connectivity index (χ1v) is 8.37. The standard InChI is InChI=1S/C20H21F2N3O2/c1-12(2)19(27-17-8-6-5-7-13(17)11-23)20(26)24-14-9-15(21)18(25(3)4)16(22)10-14/h5-10,12,19H,1-4H3,(H,24,26). The van der Waals surface area contributed by atoms with E-state index in [1.807, 2.05) is 6.07 Å². The molecule has 2 rings (SSSR count). The minimum absolute atomic E-state index is 0.0107. The molecule has 1 amide bonds. The highest BCUT2D eigenvalue weighted by Crippen LogP contribution is 2.26. The number of halogens is 2. The van der Waals surface area contributed by atoms with Crippen LogP contribution in [-0.4, -0.2) is 26.1 Å². The SMILES string of the molecule is CC(C)C(Oc1ccccc1C#N)C(=O)Nc1cc(F)c(N(C)C)c(F)c1. The first kappa shape index (κ1) is 20.2. The second-order valence-electron chi connectivity index (χ2n) is 6.56. The Balaban J connectivity index is 2.25. The average molecular weight is 373 g/mol. The molecule has 0 aliphatic rings. The van der Waals surface area contributed by atoms with Gasteiger partial charge in [0, 0.05) is 19.8 Å². The summed E-state index contributed by atoms with van der Waals surface area (Å²) in [5.74, 6) is -2.10. The van der Waals surface area contributed by atoms with Crippen LogP contribution in [0.25, 0.3) is 0 Å². The van der Waals surface area contributed by atoms with Gasteiger partial charge in [-0.05, 0) is 30.2 Å². The van der Waals surface area contributed by atoms with E-state index in [-0.39, 0.29) is 23.0 Å². The topological polar surface area (TPSA) is 65.4 Å². The van der Waals surface area contributed by atoms with Crippen LogP contribution in [-0.2, 0) is 4.79 Å². The molecule has 0 spiro atoms. The summed E-state index contributed by atoms with van der Waals surface area (Å²) in [7, 11) is 3.05. The Hall–Kier alpha value is -3.14. The maximum absolute atomic E-state index is 14.1. The molecule has 0 aromatic heterocycles. The van der Waals surface area contributed by atoms with Crippen molar-refractivity contribution in [2.45, 2.75) is 20.0 Å². The molecule has 0 aliphatic carbocycles. The lowest BCUT2D eigenvalue weighted by molar-refractivity contribution is -0.124. The molecule has 2 aromatic carbocycles. The average Bonchev–Trinajstić information content (AvgIpc) is 2.58. The molecular formula is C20H21F2N3O2. The molecule has 0 aliphatic heterocycles. The first-order chi connectivity index (χ1) is 12.7. The van der Waals surface area contributed by atoms with Gasteiger partial charge in [0.1, 0.15) is 17.5 Å². The van der Waals surface area contributed by atoms with E-state index < -0.39 is 23.6 Å². The van der Waals surface area contributed by atoms with E-state index in [9.17, 15) is 13.6 Å². The summed E-state index contributed by atoms with van der Waals surface area (Å²) in [5, 5.41) is 11.6. The van der Waals surface area contributed by atoms with Crippen LogP contribution in [0.2, 0.25) is 0 Å². The molecule has 1 unspecified atom stereocenters. The number of nitrogens with one attached hydrogen (secondary N) is 1. The minimum Gasteiger partial charge on any atom is -0.479 e. The van der Waals surface area contributed by atoms with E-state index >= 15 is 0 Å². The van der Waals surface area contributed by atoms with Crippen molar-refractivity contribution in [3.8, 4) is 11.8 Å². The monoisotopic (exact) mass is 373 g/mol. The molecule has 27 heavy (non-hydrogen) atoms. The van der Waals surface area contributed by atoms with Crippen LogP contribution in [0.1, 0.15) is 19.4 Å². The zero-order chi connectivity index (χ0) is 20.1. The number of nitrogens with zero attached hydrogens (tertiary/aromatic N) is 2. The Morgan fingerprint density at radius 3 is 2.30 bits per heavy atom. The maximum Gasteiger partial charge on any atom is 0.265 e. The fourth-order valence-corrected chi connectivity index (χ4v) is 2.57. The number of hydrogen-bond donors (Lipinski definition) is 1. The van der Waals surface area contributed by atoms with E-state index in [4.69, 9.17) is 10.00 Å². The summed E-state index contributed by atoms with van der Waals surface area (Å²) in [6.45, 7) is 3.55. The summed E-state index contributed by atoms with van der Waals surface area (Å²) in [6.07, 6.45) is -0.945. The predicted octanol–water partition coefficient (Wildman–Crippen LogP) is 3.94. The van der Waals surface area contributed by atoms with E-state index in [1.165, 1.54) is 19.0 Å². The number of anilines is 2. The van der Waals surface area contributed by atoms with Crippen molar-refractivity contribution in [3.05, 3.63) is 53.6 Å². The molecule has 0 radical (unpaired) electrons. The number of para-hydroxylation sites is 1. The van der Waals surface area contributed by atoms with Gasteiger partial charge >= 0.3 is 0 Å². The number of carbonyl (C=O) groups excluding carboxylic acids is 1. The minimum atomic E-state index is -0.945. The van der Waals surface area contributed by atoms with Crippen molar-refractivity contribution in [3.63, 3.8) is 0 Å². The third-order valence-corrected chi connectivity index (χ3v) is 3.86. The highest BCUT2D eigenvalue weighted by Gasteiger charge is 2.26. The van der Waals surface area contributed by atoms with Crippen LogP contribution in [0.4, 0.5) is 20.2 Å². The Bertz CT molecular complexity index is 853. The van der Waals surface area contributed by atoms with Gasteiger partial charge in [-0.15, -0.1) is 0 Å². The molecular weight excluding hydrogens is 352 g/mol. The molecule has 2 aromatic rings. The third-order valence-electron chi connectivity index (χ3n) is 3.86. The molecule has 0 saturated heterocycles. The van der Waals surface area contributed by atoms with Gasteiger partial charge in [-0.1, -0.05) is 26.0 Å². The molecule has 5 nitrogen and oxygen atoms in total. The largest absolute Gasteiger partial charge is 0.479 e. The van der Waals surface area contributed by atoms with Crippen molar-refractivity contribution < 1.29 is 18.3 Å². The van der Waals surface area contributed by atoms with Crippen LogP contribution in [0, 0.1) is 28.9 Å². The van der Waals surface area contributed by atoms with Crippen LogP contribution in [0.3, 0.4) is 0 Å². The molecule has 142 valence electrons. The quantitative estimate of drug-likeness (QED) is 0.833. The number of rotatable bonds is 6. The Morgan fingerprint density at radius 2 is 1.78 bits per heavy atom. The molecule has 0 fully saturated rings. The van der Waals surface area contributed by atoms with Crippen molar-refractivity contribution in [2.75, 3.05) is 24.3 Å². The van der Waals surface area contributed by atoms with Crippen molar-refractivity contribution in [1.82, 2.24) is 0 Å². The summed E-state index contributed by atoms with van der Waals surface area (Å²) in [4.78, 5) is 13.9. The van der Waals surface area contributed by atoms with Gasteiger partial charge in [-0.3, -0.25) is 4.79 Å². The number of nitriles is 1. The Kier molecular flexibility index (Phi) is 6.35. The van der Waals surface area contributed by atoms with Crippen molar-refractivity contribution in [1.29, 1.82) is 5.26 Å². The number of amides is 1. The second-order valence-corrected chi connectivity index (χ2v) is 6.56. The van der Waals surface area contributed by atoms with Gasteiger partial charge in [0.25, 0.3) is 5.91 Å². The van der Waals surface area contributed by atoms with Crippen LogP contribution in [0.15, 0.2) is 36.4 Å². The molecule has 1 N–H and O–H groups in total. The summed E-state index contributed by atoms with van der Waals surface area (Å²) in [5.41, 5.74) is 0.0967. The normalized spacial score (nSPS) is 11.6. The van der Waals surface area contributed by atoms with Gasteiger partial charge in [-0.2, -0.15) is 5.26 Å². The van der Waals surface area contributed by atoms with E-state index in [1.54, 1.807) is 38.1 Å². The highest BCUT2D eigenvalue weighted by atomic mass is 19.1. The molecule has 1 atom stereocenters. The zero-order valence-electron chi connectivity index (χ0n) is 15.6. The summed E-state index contributed by atoms with van der Waals surface area (Å²) in [6, 6.07) is 10.7. The fraction of sp³-hybridized carbons (Fsp3) is 0.300. The van der Waals surface area contributed by atoms with Crippen LogP contribution >= 0.6 is 0 Å². The lowest BCUT2D eigenvalue weighted by Gasteiger charge is -2.23. The number of benzene rings is 2. The lowest BCUT2D eigenvalue weighted by Crippen LogP contribution is -2.37. The smallest absolute Gasteiger partial charge is 0.265 e. The molecule has 0 heterocycles. The predicted molar refractivity (Wildman–Crippen MR) is 99.7 cm³/mol. The van der Waals surface area contributed by atoms with Gasteiger partial charge < -0.3 is 15.0 Å². The number of hydrogen-bond acceptors (Lipinski definition) is 4. The molecule has 0 bridgehead atoms. The second kappa shape index (κ2) is 8.49. The van der Waals surface area contributed by atoms with E-state index in [0.29, 0.717) is 5.56 Å². The molecule has 7 heteroatoms. The third kappa shape index (κ3) is 4.73. The van der Waals surface area contributed by atoms with Crippen molar-refractivity contribution in [2.24, 2.45) is 5.92 Å². The lowest BCUT2D eigenvalue weighted by atomic mass is 10.1. The summed E-state index contributed by atoms with van der Waals surface area (Å²) < 4.78 is 34.0. The number of carbonyl (C=O) groups is 1. The first-order valence-electron chi connectivity index (χ1n) is 8.37. The Morgan fingerprint density at radius 1 is 1.19 bits per heavy atom. The van der Waals surface area contributed by atoms with Crippen LogP contribution < -0.4 is 15.0 Å². The van der Waals surface area contributed by atoms with Crippen LogP contribution in [0.5, 0.6) is 5.75 Å². The van der Waals surface area contributed by atoms with Gasteiger partial charge in [-0.25, -0.2) is 8.78 Å². The van der Waals surface area contributed by atoms with E-state index in [0.717, 1.165) is 12.1 Å². The zero-order valence-corrected chi connectivity index (χ0v) is 15.6. The van der Waals surface area contributed by atoms with Gasteiger partial charge in [0.2, 0.25) is 0 Å². The van der Waals surface area contributed by atoms with E-state index in [2.05, 4.69) is 5.32 Å². The molecule has 0 saturated carbocycles. The number of ether oxygens (including phenoxy) is 1. The van der Waals surface area contributed by atoms with Gasteiger partial charge in [0.15, 0.2) is 17.7 Å². The van der Waals surface area contributed by atoms with Crippen molar-refractivity contribution >= 4 is 17.3 Å². The highest BCUT2D eigenvalue weighted by molar-refractivity contribution is 5.94. The maximum atomic E-state index is 14.1. The summed E-state index contributed by atoms with van der Waals surface area (Å²) >= 11 is 0. The Labute approximate surface area is 157 Å².